The number of pyridine rings is 1. The molecule has 0 saturated carbocycles. The monoisotopic (exact) mass is 752 g/mol. The molecule has 0 bridgehead atoms. The van der Waals surface area contributed by atoms with Crippen LogP contribution in [0.25, 0.3) is 111 Å². The largest absolute Gasteiger partial charge is 0.261 e. The molecule has 11 aromatic rings. The van der Waals surface area contributed by atoms with Crippen LogP contribution < -0.4 is 0 Å². The Kier molecular flexibility index (Phi) is 8.34. The average molecular weight is 753 g/mol. The van der Waals surface area contributed by atoms with Crippen LogP contribution in [0.2, 0.25) is 0 Å². The number of benzene rings is 9. The van der Waals surface area contributed by atoms with Crippen molar-refractivity contribution in [1.29, 1.82) is 0 Å². The van der Waals surface area contributed by atoms with E-state index in [1.807, 2.05) is 49.5 Å². The van der Waals surface area contributed by atoms with Crippen molar-refractivity contribution in [3.05, 3.63) is 206 Å². The highest BCUT2D eigenvalue weighted by molar-refractivity contribution is 6.26. The summed E-state index contributed by atoms with van der Waals surface area (Å²) < 4.78 is 0. The molecule has 2 aromatic heterocycles. The molecule has 0 spiro atoms. The van der Waals surface area contributed by atoms with E-state index in [9.17, 15) is 0 Å². The van der Waals surface area contributed by atoms with E-state index >= 15 is 0 Å². The predicted octanol–water partition coefficient (Wildman–Crippen LogP) is 14.1. The number of aromatic nitrogens is 4. The molecule has 0 N–H and O–H groups in total. The number of aryl methyl sites for hydroxylation is 1. The predicted molar refractivity (Wildman–Crippen MR) is 244 cm³/mol. The lowest BCUT2D eigenvalue weighted by Crippen LogP contribution is -2.00. The van der Waals surface area contributed by atoms with E-state index in [4.69, 9.17) is 15.0 Å². The number of hydrogen-bond acceptors (Lipinski definition) is 4. The van der Waals surface area contributed by atoms with Gasteiger partial charge >= 0.3 is 0 Å². The molecular weight excluding hydrogens is 717 g/mol. The Morgan fingerprint density at radius 1 is 0.305 bits per heavy atom. The van der Waals surface area contributed by atoms with Crippen molar-refractivity contribution in [2.75, 3.05) is 0 Å². The van der Waals surface area contributed by atoms with Crippen LogP contribution in [0.15, 0.2) is 200 Å². The van der Waals surface area contributed by atoms with E-state index in [2.05, 4.69) is 163 Å². The molecule has 0 aliphatic heterocycles. The van der Waals surface area contributed by atoms with E-state index in [0.29, 0.717) is 17.5 Å². The lowest BCUT2D eigenvalue weighted by molar-refractivity contribution is 1.07. The maximum absolute atomic E-state index is 5.17. The van der Waals surface area contributed by atoms with E-state index in [-0.39, 0.29) is 0 Å². The van der Waals surface area contributed by atoms with Gasteiger partial charge in [-0.15, -0.1) is 0 Å². The Labute approximate surface area is 342 Å². The fourth-order valence-electron chi connectivity index (χ4n) is 8.39. The van der Waals surface area contributed by atoms with Crippen LogP contribution in [-0.2, 0) is 0 Å². The van der Waals surface area contributed by atoms with Gasteiger partial charge in [0.2, 0.25) is 0 Å². The molecule has 4 nitrogen and oxygen atoms in total. The Bertz CT molecular complexity index is 3250. The van der Waals surface area contributed by atoms with Crippen molar-refractivity contribution in [2.24, 2.45) is 0 Å². The van der Waals surface area contributed by atoms with Gasteiger partial charge in [0.15, 0.2) is 17.5 Å². The quantitative estimate of drug-likeness (QED) is 0.152. The SMILES string of the molecule is Cc1ccc(-c2cccc(-c3ccc(-c4cc(-c5nc(-c6ccccc6)nc(-c6ccccc6)n5)cc(-c5cc6cccc7ccc8cccc5c8c76)c4)cc3)c2)cn1. The van der Waals surface area contributed by atoms with Gasteiger partial charge in [0.05, 0.1) is 0 Å². The van der Waals surface area contributed by atoms with Gasteiger partial charge in [-0.1, -0.05) is 158 Å². The van der Waals surface area contributed by atoms with Gasteiger partial charge in [-0.25, -0.2) is 15.0 Å². The van der Waals surface area contributed by atoms with Crippen molar-refractivity contribution in [2.45, 2.75) is 6.92 Å². The first kappa shape index (κ1) is 34.4. The zero-order valence-corrected chi connectivity index (χ0v) is 32.3. The van der Waals surface area contributed by atoms with Gasteiger partial charge in [-0.2, -0.15) is 0 Å². The van der Waals surface area contributed by atoms with Gasteiger partial charge in [0.1, 0.15) is 0 Å². The summed E-state index contributed by atoms with van der Waals surface area (Å²) in [7, 11) is 0. The minimum atomic E-state index is 0.622. The summed E-state index contributed by atoms with van der Waals surface area (Å²) in [6.45, 7) is 2.01. The van der Waals surface area contributed by atoms with Crippen LogP contribution >= 0.6 is 0 Å². The molecule has 0 fully saturated rings. The van der Waals surface area contributed by atoms with Crippen LogP contribution in [0.1, 0.15) is 5.69 Å². The zero-order valence-electron chi connectivity index (χ0n) is 32.3. The summed E-state index contributed by atoms with van der Waals surface area (Å²) in [5.41, 5.74) is 12.8. The molecule has 9 aromatic carbocycles. The van der Waals surface area contributed by atoms with Crippen LogP contribution in [-0.4, -0.2) is 19.9 Å². The first-order valence-corrected chi connectivity index (χ1v) is 19.9. The molecule has 0 unspecified atom stereocenters. The minimum Gasteiger partial charge on any atom is -0.261 e. The maximum Gasteiger partial charge on any atom is 0.164 e. The summed E-state index contributed by atoms with van der Waals surface area (Å²) >= 11 is 0. The number of nitrogens with zero attached hydrogens (tertiary/aromatic N) is 4. The lowest BCUT2D eigenvalue weighted by Gasteiger charge is -2.17. The van der Waals surface area contributed by atoms with E-state index < -0.39 is 0 Å². The molecular formula is C55H36N4. The topological polar surface area (TPSA) is 51.6 Å². The van der Waals surface area contributed by atoms with Gasteiger partial charge in [0, 0.05) is 34.1 Å². The van der Waals surface area contributed by atoms with Gasteiger partial charge in [-0.05, 0) is 115 Å². The van der Waals surface area contributed by atoms with E-state index in [0.717, 1.165) is 61.3 Å². The standard InChI is InChI=1S/C55H36N4/c1-35-21-22-45(34-56-35)43-18-9-17-42(29-43)36-23-25-37(26-24-36)46-30-47(50-33-44-19-8-15-38-27-28-39-16-10-20-49(50)52(39)51(38)44)32-48(31-46)55-58-53(40-11-4-2-5-12-40)57-54(59-55)41-13-6-3-7-14-41/h2-34H,1H3. The molecule has 11 rings (SSSR count). The van der Waals surface area contributed by atoms with Gasteiger partial charge < -0.3 is 0 Å². The third-order valence-electron chi connectivity index (χ3n) is 11.4. The van der Waals surface area contributed by atoms with Crippen LogP contribution in [0.5, 0.6) is 0 Å². The first-order chi connectivity index (χ1) is 29.1. The van der Waals surface area contributed by atoms with Gasteiger partial charge in [-0.3, -0.25) is 4.98 Å². The smallest absolute Gasteiger partial charge is 0.164 e. The Hall–Kier alpha value is -7.82. The van der Waals surface area contributed by atoms with Crippen LogP contribution in [0.4, 0.5) is 0 Å². The van der Waals surface area contributed by atoms with Crippen LogP contribution in [0, 0.1) is 6.92 Å². The summed E-state index contributed by atoms with van der Waals surface area (Å²) in [6.07, 6.45) is 1.95. The molecule has 2 heterocycles. The Balaban J connectivity index is 1.10. The van der Waals surface area contributed by atoms with E-state index in [1.165, 1.54) is 37.9 Å². The molecule has 0 saturated heterocycles. The second-order valence-electron chi connectivity index (χ2n) is 15.2. The summed E-state index contributed by atoms with van der Waals surface area (Å²) in [4.78, 5) is 19.9. The molecule has 0 amide bonds. The molecule has 59 heavy (non-hydrogen) atoms. The average Bonchev–Trinajstić information content (AvgIpc) is 3.31. The van der Waals surface area contributed by atoms with Crippen molar-refractivity contribution in [1.82, 2.24) is 19.9 Å². The normalized spacial score (nSPS) is 11.5. The maximum atomic E-state index is 5.17. The number of hydrogen-bond donors (Lipinski definition) is 0. The highest BCUT2D eigenvalue weighted by Gasteiger charge is 2.18. The summed E-state index contributed by atoms with van der Waals surface area (Å²) in [5, 5.41) is 7.52. The second kappa shape index (κ2) is 14.3. The van der Waals surface area contributed by atoms with Crippen LogP contribution in [0.3, 0.4) is 0 Å². The molecule has 4 heteroatoms. The highest BCUT2D eigenvalue weighted by Crippen LogP contribution is 2.42. The third-order valence-corrected chi connectivity index (χ3v) is 11.4. The minimum absolute atomic E-state index is 0.622. The zero-order chi connectivity index (χ0) is 39.3. The van der Waals surface area contributed by atoms with Crippen molar-refractivity contribution in [3.8, 4) is 78.7 Å². The molecule has 276 valence electrons. The molecule has 0 atom stereocenters. The summed E-state index contributed by atoms with van der Waals surface area (Å²) in [6, 6.07) is 68.9. The van der Waals surface area contributed by atoms with Crippen molar-refractivity contribution >= 4 is 32.3 Å². The van der Waals surface area contributed by atoms with Gasteiger partial charge in [0.25, 0.3) is 0 Å². The van der Waals surface area contributed by atoms with Crippen molar-refractivity contribution < 1.29 is 0 Å². The van der Waals surface area contributed by atoms with E-state index in [1.54, 1.807) is 0 Å². The molecule has 0 aliphatic carbocycles. The first-order valence-electron chi connectivity index (χ1n) is 19.9. The lowest BCUT2D eigenvalue weighted by atomic mass is 9.87. The molecule has 0 aliphatic rings. The highest BCUT2D eigenvalue weighted by atomic mass is 15.0. The van der Waals surface area contributed by atoms with Crippen molar-refractivity contribution in [3.63, 3.8) is 0 Å². The fraction of sp³-hybridized carbons (Fsp3) is 0.0182. The Morgan fingerprint density at radius 2 is 0.797 bits per heavy atom. The molecule has 0 radical (unpaired) electrons. The fourth-order valence-corrected chi connectivity index (χ4v) is 8.39. The third kappa shape index (κ3) is 6.37. The number of rotatable bonds is 7. The Morgan fingerprint density at radius 3 is 1.46 bits per heavy atom. The summed E-state index contributed by atoms with van der Waals surface area (Å²) in [5.74, 6) is 1.89. The second-order valence-corrected chi connectivity index (χ2v) is 15.2.